The summed E-state index contributed by atoms with van der Waals surface area (Å²) in [5, 5.41) is 22.4. The maximum absolute atomic E-state index is 12.1. The van der Waals surface area contributed by atoms with Gasteiger partial charge >= 0.3 is 0 Å². The lowest BCUT2D eigenvalue weighted by Crippen LogP contribution is -2.50. The number of carbonyl (C=O) groups is 1. The smallest absolute Gasteiger partial charge is 0.271 e. The summed E-state index contributed by atoms with van der Waals surface area (Å²) in [7, 11) is 0. The number of hydrazine groups is 1. The van der Waals surface area contributed by atoms with E-state index >= 15 is 0 Å². The Hall–Kier alpha value is -2.55. The van der Waals surface area contributed by atoms with Gasteiger partial charge < -0.3 is 0 Å². The molecule has 0 radical (unpaired) electrons. The van der Waals surface area contributed by atoms with Gasteiger partial charge in [0, 0.05) is 6.07 Å². The minimum atomic E-state index is -0.850. The molecule has 20 heavy (non-hydrogen) atoms. The van der Waals surface area contributed by atoms with Crippen LogP contribution in [0.1, 0.15) is 31.1 Å². The zero-order valence-corrected chi connectivity index (χ0v) is 11.2. The highest BCUT2D eigenvalue weighted by Crippen LogP contribution is 2.26. The van der Waals surface area contributed by atoms with Crippen molar-refractivity contribution in [3.8, 4) is 0 Å². The fraction of sp³-hybridized carbons (Fsp3) is 0.364. The summed E-state index contributed by atoms with van der Waals surface area (Å²) in [4.78, 5) is 32.1. The molecule has 2 N–H and O–H groups in total. The molecular formula is C11H14N4O5. The average Bonchev–Trinajstić information content (AvgIpc) is 2.34. The Kier molecular flexibility index (Phi) is 4.04. The lowest BCUT2D eigenvalue weighted by Gasteiger charge is -2.30. The van der Waals surface area contributed by atoms with Crippen LogP contribution in [0, 0.1) is 20.2 Å². The maximum Gasteiger partial charge on any atom is 0.289 e. The van der Waals surface area contributed by atoms with Crippen LogP contribution in [0.2, 0.25) is 0 Å². The second kappa shape index (κ2) is 5.21. The third kappa shape index (κ3) is 3.06. The molecule has 1 aromatic rings. The molecule has 1 rings (SSSR count). The van der Waals surface area contributed by atoms with Gasteiger partial charge in [-0.2, -0.15) is 0 Å². The van der Waals surface area contributed by atoms with Crippen LogP contribution in [0.25, 0.3) is 0 Å². The molecule has 0 fully saturated rings. The van der Waals surface area contributed by atoms with Crippen LogP contribution in [0.4, 0.5) is 11.4 Å². The molecule has 0 aromatic heterocycles. The van der Waals surface area contributed by atoms with Crippen LogP contribution in [0.15, 0.2) is 18.2 Å². The zero-order valence-electron chi connectivity index (χ0n) is 11.2. The number of amides is 1. The van der Waals surface area contributed by atoms with Crippen LogP contribution in [-0.2, 0) is 0 Å². The maximum atomic E-state index is 12.1. The van der Waals surface area contributed by atoms with E-state index in [0.29, 0.717) is 0 Å². The lowest BCUT2D eigenvalue weighted by molar-refractivity contribution is -0.394. The van der Waals surface area contributed by atoms with Crippen LogP contribution < -0.4 is 5.84 Å². The third-order valence-corrected chi connectivity index (χ3v) is 2.56. The molecule has 0 heterocycles. The Morgan fingerprint density at radius 3 is 2.15 bits per heavy atom. The Morgan fingerprint density at radius 2 is 1.75 bits per heavy atom. The van der Waals surface area contributed by atoms with Gasteiger partial charge in [-0.25, -0.2) is 5.84 Å². The lowest BCUT2D eigenvalue weighted by atomic mass is 10.1. The molecule has 0 aliphatic carbocycles. The van der Waals surface area contributed by atoms with Crippen LogP contribution in [0.3, 0.4) is 0 Å². The fourth-order valence-corrected chi connectivity index (χ4v) is 1.40. The summed E-state index contributed by atoms with van der Waals surface area (Å²) < 4.78 is 0. The monoisotopic (exact) mass is 282 g/mol. The predicted octanol–water partition coefficient (Wildman–Crippen LogP) is 1.62. The van der Waals surface area contributed by atoms with Crippen molar-refractivity contribution in [2.24, 2.45) is 5.84 Å². The van der Waals surface area contributed by atoms with Gasteiger partial charge in [0.2, 0.25) is 0 Å². The fourth-order valence-electron chi connectivity index (χ4n) is 1.40. The molecular weight excluding hydrogens is 268 g/mol. The van der Waals surface area contributed by atoms with Crippen molar-refractivity contribution in [3.63, 3.8) is 0 Å². The van der Waals surface area contributed by atoms with E-state index in [4.69, 9.17) is 5.84 Å². The van der Waals surface area contributed by atoms with E-state index in [2.05, 4.69) is 0 Å². The van der Waals surface area contributed by atoms with Gasteiger partial charge in [0.05, 0.1) is 21.5 Å². The number of benzene rings is 1. The molecule has 1 aromatic carbocycles. The molecule has 1 amide bonds. The van der Waals surface area contributed by atoms with E-state index in [-0.39, 0.29) is 5.56 Å². The minimum absolute atomic E-state index is 0.293. The molecule has 9 nitrogen and oxygen atoms in total. The van der Waals surface area contributed by atoms with Crippen molar-refractivity contribution < 1.29 is 14.6 Å². The SMILES string of the molecule is CC(C)(C)N(N)C(=O)c1ccc([N+](=O)[O-])cc1[N+](=O)[O-]. The van der Waals surface area contributed by atoms with Gasteiger partial charge in [0.1, 0.15) is 5.56 Å². The van der Waals surface area contributed by atoms with Gasteiger partial charge in [-0.05, 0) is 26.8 Å². The first-order valence-corrected chi connectivity index (χ1v) is 5.58. The number of nitrogens with zero attached hydrogens (tertiary/aromatic N) is 3. The number of carbonyl (C=O) groups excluding carboxylic acids is 1. The standard InChI is InChI=1S/C11H14N4O5/c1-11(2,3)13(12)10(16)8-5-4-7(14(17)18)6-9(8)15(19)20/h4-6H,12H2,1-3H3. The normalized spacial score (nSPS) is 11.0. The summed E-state index contributed by atoms with van der Waals surface area (Å²) in [6.07, 6.45) is 0. The number of non-ortho nitro benzene ring substituents is 1. The summed E-state index contributed by atoms with van der Waals surface area (Å²) in [6, 6.07) is 2.80. The second-order valence-electron chi connectivity index (χ2n) is 5.06. The summed E-state index contributed by atoms with van der Waals surface area (Å²) in [5.74, 6) is 4.84. The van der Waals surface area contributed by atoms with Crippen LogP contribution in [-0.4, -0.2) is 26.3 Å². The first-order chi connectivity index (χ1) is 9.05. The predicted molar refractivity (Wildman–Crippen MR) is 69.9 cm³/mol. The molecule has 0 unspecified atom stereocenters. The van der Waals surface area contributed by atoms with E-state index in [1.165, 1.54) is 0 Å². The van der Waals surface area contributed by atoms with E-state index in [0.717, 1.165) is 23.2 Å². The molecule has 0 aliphatic heterocycles. The number of hydrogen-bond donors (Lipinski definition) is 1. The molecule has 0 saturated carbocycles. The van der Waals surface area contributed by atoms with Crippen molar-refractivity contribution in [1.29, 1.82) is 0 Å². The third-order valence-electron chi connectivity index (χ3n) is 2.56. The van der Waals surface area contributed by atoms with Crippen molar-refractivity contribution >= 4 is 17.3 Å². The van der Waals surface area contributed by atoms with Gasteiger partial charge in [0.25, 0.3) is 17.3 Å². The average molecular weight is 282 g/mol. The molecule has 0 aliphatic rings. The number of nitro benzene ring substituents is 2. The Bertz CT molecular complexity index is 579. The highest BCUT2D eigenvalue weighted by Gasteiger charge is 2.31. The molecule has 0 atom stereocenters. The second-order valence-corrected chi connectivity index (χ2v) is 5.06. The number of nitro groups is 2. The zero-order chi connectivity index (χ0) is 15.7. The van der Waals surface area contributed by atoms with E-state index in [9.17, 15) is 25.0 Å². The summed E-state index contributed by atoms with van der Waals surface area (Å²) in [5.41, 5.74) is -2.15. The molecule has 0 bridgehead atoms. The van der Waals surface area contributed by atoms with Gasteiger partial charge in [-0.3, -0.25) is 30.0 Å². The van der Waals surface area contributed by atoms with Gasteiger partial charge in [-0.15, -0.1) is 0 Å². The topological polar surface area (TPSA) is 133 Å². The molecule has 108 valence electrons. The van der Waals surface area contributed by atoms with Crippen molar-refractivity contribution in [2.45, 2.75) is 26.3 Å². The first kappa shape index (κ1) is 15.5. The number of rotatable bonds is 3. The van der Waals surface area contributed by atoms with Crippen molar-refractivity contribution in [2.75, 3.05) is 0 Å². The van der Waals surface area contributed by atoms with E-state index in [1.807, 2.05) is 0 Å². The van der Waals surface area contributed by atoms with Crippen LogP contribution >= 0.6 is 0 Å². The Balaban J connectivity index is 3.35. The number of hydrogen-bond acceptors (Lipinski definition) is 6. The summed E-state index contributed by atoms with van der Waals surface area (Å²) >= 11 is 0. The highest BCUT2D eigenvalue weighted by molar-refractivity contribution is 5.98. The highest BCUT2D eigenvalue weighted by atomic mass is 16.6. The molecule has 0 saturated heterocycles. The minimum Gasteiger partial charge on any atom is -0.271 e. The quantitative estimate of drug-likeness (QED) is 0.387. The summed E-state index contributed by atoms with van der Waals surface area (Å²) in [6.45, 7) is 4.96. The van der Waals surface area contributed by atoms with Crippen molar-refractivity contribution in [1.82, 2.24) is 5.01 Å². The number of nitrogens with two attached hydrogens (primary N) is 1. The molecule has 0 spiro atoms. The van der Waals surface area contributed by atoms with Gasteiger partial charge in [-0.1, -0.05) is 0 Å². The van der Waals surface area contributed by atoms with E-state index < -0.39 is 32.7 Å². The van der Waals surface area contributed by atoms with E-state index in [1.54, 1.807) is 20.8 Å². The van der Waals surface area contributed by atoms with Crippen molar-refractivity contribution in [3.05, 3.63) is 44.0 Å². The first-order valence-electron chi connectivity index (χ1n) is 5.58. The molecule has 9 heteroatoms. The van der Waals surface area contributed by atoms with Crippen LogP contribution in [0.5, 0.6) is 0 Å². The largest absolute Gasteiger partial charge is 0.289 e. The Labute approximate surface area is 114 Å². The van der Waals surface area contributed by atoms with Gasteiger partial charge in [0.15, 0.2) is 0 Å². The Morgan fingerprint density at radius 1 is 1.20 bits per heavy atom.